The Labute approximate surface area is 84.1 Å². The molecule has 1 aliphatic heterocycles. The molecule has 0 saturated carbocycles. The molecule has 2 rings (SSSR count). The number of ether oxygens (including phenoxy) is 1. The van der Waals surface area contributed by atoms with E-state index in [0.717, 1.165) is 29.9 Å². The van der Waals surface area contributed by atoms with Crippen molar-refractivity contribution >= 4 is 13.8 Å². The predicted octanol–water partition coefficient (Wildman–Crippen LogP) is 0.242. The molecule has 1 aliphatic rings. The maximum absolute atomic E-state index is 11.8. The van der Waals surface area contributed by atoms with Crippen molar-refractivity contribution in [2.24, 2.45) is 0 Å². The van der Waals surface area contributed by atoms with Gasteiger partial charge in [-0.05, 0) is 24.1 Å². The van der Waals surface area contributed by atoms with Crippen molar-refractivity contribution in [3.8, 4) is 5.75 Å². The van der Waals surface area contributed by atoms with Crippen LogP contribution in [0.2, 0.25) is 0 Å². The van der Waals surface area contributed by atoms with Crippen molar-refractivity contribution < 1.29 is 9.53 Å². The lowest BCUT2D eigenvalue weighted by Crippen LogP contribution is -2.24. The van der Waals surface area contributed by atoms with Crippen LogP contribution in [0.5, 0.6) is 5.75 Å². The van der Waals surface area contributed by atoms with Crippen LogP contribution in [0.3, 0.4) is 0 Å². The molecule has 0 saturated heterocycles. The van der Waals surface area contributed by atoms with E-state index in [1.165, 1.54) is 0 Å². The minimum absolute atomic E-state index is 0.112. The fraction of sp³-hybridized carbons (Fsp3) is 0.300. The molecule has 0 fully saturated rings. The van der Waals surface area contributed by atoms with Crippen molar-refractivity contribution in [3.05, 3.63) is 29.3 Å². The summed E-state index contributed by atoms with van der Waals surface area (Å²) in [6.07, 6.45) is 0.760. The lowest BCUT2D eigenvalue weighted by Gasteiger charge is -2.11. The highest BCUT2D eigenvalue weighted by Crippen LogP contribution is 2.25. The Morgan fingerprint density at radius 1 is 1.57 bits per heavy atom. The normalized spacial score (nSPS) is 14.4. The van der Waals surface area contributed by atoms with Crippen molar-refractivity contribution in [1.82, 2.24) is 4.90 Å². The van der Waals surface area contributed by atoms with E-state index in [-0.39, 0.29) is 5.91 Å². The molecule has 1 aromatic rings. The zero-order valence-electron chi connectivity index (χ0n) is 8.41. The maximum Gasteiger partial charge on any atom is 0.253 e. The summed E-state index contributed by atoms with van der Waals surface area (Å²) in [4.78, 5) is 13.6. The second kappa shape index (κ2) is 3.37. The third-order valence-corrected chi connectivity index (χ3v) is 2.58. The van der Waals surface area contributed by atoms with Gasteiger partial charge < -0.3 is 9.64 Å². The van der Waals surface area contributed by atoms with Gasteiger partial charge in [0, 0.05) is 12.1 Å². The maximum atomic E-state index is 11.8. The molecule has 0 bridgehead atoms. The van der Waals surface area contributed by atoms with Crippen molar-refractivity contribution in [2.45, 2.75) is 6.54 Å². The molecule has 0 unspecified atom stereocenters. The van der Waals surface area contributed by atoms with E-state index >= 15 is 0 Å². The standard InChI is InChI=1S/C10H12BNO2/c1-14-8-3-2-7-5-12(6-11)10(13)9(7)4-8/h2-4H,5-6,11H2,1H3. The van der Waals surface area contributed by atoms with Gasteiger partial charge in [-0.25, -0.2) is 0 Å². The van der Waals surface area contributed by atoms with Crippen LogP contribution in [0.15, 0.2) is 18.2 Å². The monoisotopic (exact) mass is 189 g/mol. The lowest BCUT2D eigenvalue weighted by molar-refractivity contribution is 0.0805. The minimum atomic E-state index is 0.112. The summed E-state index contributed by atoms with van der Waals surface area (Å²) in [7, 11) is 3.60. The van der Waals surface area contributed by atoms with Crippen molar-refractivity contribution in [1.29, 1.82) is 0 Å². The molecule has 72 valence electrons. The van der Waals surface area contributed by atoms with Gasteiger partial charge in [-0.3, -0.25) is 4.79 Å². The lowest BCUT2D eigenvalue weighted by atomic mass is 10.1. The molecule has 0 aromatic heterocycles. The Morgan fingerprint density at radius 2 is 2.36 bits per heavy atom. The first-order valence-corrected chi connectivity index (χ1v) is 4.72. The highest BCUT2D eigenvalue weighted by molar-refractivity contribution is 6.11. The number of carbonyl (C=O) groups excluding carboxylic acids is 1. The fourth-order valence-corrected chi connectivity index (χ4v) is 1.72. The first kappa shape index (κ1) is 9.12. The molecule has 0 spiro atoms. The fourth-order valence-electron chi connectivity index (χ4n) is 1.72. The second-order valence-electron chi connectivity index (χ2n) is 3.34. The number of methoxy groups -OCH3 is 1. The van der Waals surface area contributed by atoms with E-state index in [1.807, 2.05) is 30.9 Å². The minimum Gasteiger partial charge on any atom is -0.497 e. The van der Waals surface area contributed by atoms with Crippen molar-refractivity contribution in [2.75, 3.05) is 13.6 Å². The molecule has 1 amide bonds. The highest BCUT2D eigenvalue weighted by Gasteiger charge is 2.25. The van der Waals surface area contributed by atoms with Crippen molar-refractivity contribution in [3.63, 3.8) is 0 Å². The first-order valence-electron chi connectivity index (χ1n) is 4.72. The summed E-state index contributed by atoms with van der Waals surface area (Å²) < 4.78 is 5.09. The first-order chi connectivity index (χ1) is 6.76. The number of nitrogens with zero attached hydrogens (tertiary/aromatic N) is 1. The number of carbonyl (C=O) groups is 1. The molecule has 1 aromatic carbocycles. The number of hydrogen-bond acceptors (Lipinski definition) is 2. The van der Waals surface area contributed by atoms with Crippen LogP contribution in [0.25, 0.3) is 0 Å². The third kappa shape index (κ3) is 1.27. The largest absolute Gasteiger partial charge is 0.497 e. The molecule has 1 heterocycles. The van der Waals surface area contributed by atoms with Gasteiger partial charge in [-0.2, -0.15) is 0 Å². The summed E-state index contributed by atoms with van der Waals surface area (Å²) in [5.74, 6) is 0.858. The van der Waals surface area contributed by atoms with Crippen LogP contribution in [0.4, 0.5) is 0 Å². The number of rotatable bonds is 2. The van der Waals surface area contributed by atoms with E-state index in [2.05, 4.69) is 0 Å². The van der Waals surface area contributed by atoms with E-state index in [1.54, 1.807) is 7.11 Å². The van der Waals surface area contributed by atoms with E-state index in [0.29, 0.717) is 0 Å². The average Bonchev–Trinajstić information content (AvgIpc) is 2.55. The van der Waals surface area contributed by atoms with Gasteiger partial charge in [0.05, 0.1) is 7.11 Å². The van der Waals surface area contributed by atoms with Gasteiger partial charge in [0.15, 0.2) is 0 Å². The Hall–Kier alpha value is -1.45. The molecule has 3 nitrogen and oxygen atoms in total. The van der Waals surface area contributed by atoms with Gasteiger partial charge in [0.25, 0.3) is 5.91 Å². The molecular formula is C10H12BNO2. The van der Waals surface area contributed by atoms with Gasteiger partial charge in [0.2, 0.25) is 0 Å². The topological polar surface area (TPSA) is 29.5 Å². The number of hydrogen-bond donors (Lipinski definition) is 0. The Balaban J connectivity index is 2.40. The van der Waals surface area contributed by atoms with Crippen LogP contribution >= 0.6 is 0 Å². The van der Waals surface area contributed by atoms with Crippen LogP contribution in [-0.2, 0) is 6.54 Å². The average molecular weight is 189 g/mol. The Kier molecular flexibility index (Phi) is 2.19. The Morgan fingerprint density at radius 3 is 3.00 bits per heavy atom. The van der Waals surface area contributed by atoms with Crippen LogP contribution in [-0.4, -0.2) is 32.2 Å². The Bertz CT molecular complexity index is 378. The highest BCUT2D eigenvalue weighted by atomic mass is 16.5. The second-order valence-corrected chi connectivity index (χ2v) is 3.34. The zero-order valence-corrected chi connectivity index (χ0v) is 8.41. The van der Waals surface area contributed by atoms with Gasteiger partial charge in [0.1, 0.15) is 13.6 Å². The molecule has 14 heavy (non-hydrogen) atoms. The SMILES string of the molecule is BCN1Cc2ccc(OC)cc2C1=O. The smallest absolute Gasteiger partial charge is 0.253 e. The number of fused-ring (bicyclic) bond motifs is 1. The molecule has 0 radical (unpaired) electrons. The molecular weight excluding hydrogens is 177 g/mol. The van der Waals surface area contributed by atoms with Gasteiger partial charge in [-0.1, -0.05) is 6.07 Å². The molecule has 0 aliphatic carbocycles. The number of benzene rings is 1. The molecule has 0 atom stereocenters. The van der Waals surface area contributed by atoms with E-state index in [9.17, 15) is 4.79 Å². The summed E-state index contributed by atoms with van der Waals surface area (Å²) in [6.45, 7) is 0.731. The van der Waals surface area contributed by atoms with Crippen LogP contribution < -0.4 is 4.74 Å². The number of amides is 1. The van der Waals surface area contributed by atoms with Gasteiger partial charge in [-0.15, -0.1) is 0 Å². The van der Waals surface area contributed by atoms with E-state index < -0.39 is 0 Å². The molecule has 0 N–H and O–H groups in total. The quantitative estimate of drug-likeness (QED) is 0.623. The summed E-state index contributed by atoms with van der Waals surface area (Å²) in [6, 6.07) is 5.67. The summed E-state index contributed by atoms with van der Waals surface area (Å²) in [5.41, 5.74) is 1.88. The zero-order chi connectivity index (χ0) is 10.1. The van der Waals surface area contributed by atoms with Crippen LogP contribution in [0.1, 0.15) is 15.9 Å². The summed E-state index contributed by atoms with van der Waals surface area (Å²) in [5, 5.41) is 0. The predicted molar refractivity (Wildman–Crippen MR) is 56.3 cm³/mol. The third-order valence-electron chi connectivity index (χ3n) is 2.58. The molecule has 4 heteroatoms. The van der Waals surface area contributed by atoms with Crippen LogP contribution in [0, 0.1) is 0 Å². The summed E-state index contributed by atoms with van der Waals surface area (Å²) >= 11 is 0. The van der Waals surface area contributed by atoms with Gasteiger partial charge >= 0.3 is 0 Å². The van der Waals surface area contributed by atoms with E-state index in [4.69, 9.17) is 4.74 Å².